The lowest BCUT2D eigenvalue weighted by molar-refractivity contribution is 0.0919. The SMILES string of the molecule is COCCn1c(N)c(C(=O)CN2CCc3ccccc3C2)c(=O)[nH]c1=O. The van der Waals surface area contributed by atoms with Crippen molar-refractivity contribution in [3.05, 3.63) is 61.8 Å². The summed E-state index contributed by atoms with van der Waals surface area (Å²) < 4.78 is 6.10. The number of aromatic amines is 1. The molecule has 0 bridgehead atoms. The first-order valence-electron chi connectivity index (χ1n) is 8.45. The third kappa shape index (κ3) is 3.61. The van der Waals surface area contributed by atoms with Gasteiger partial charge in [-0.3, -0.25) is 24.0 Å². The second-order valence-electron chi connectivity index (χ2n) is 6.32. The van der Waals surface area contributed by atoms with Crippen LogP contribution in [0.5, 0.6) is 0 Å². The normalized spacial score (nSPS) is 14.2. The van der Waals surface area contributed by atoms with E-state index in [4.69, 9.17) is 10.5 Å². The van der Waals surface area contributed by atoms with Gasteiger partial charge in [0.2, 0.25) is 0 Å². The van der Waals surface area contributed by atoms with Crippen molar-refractivity contribution in [3.8, 4) is 0 Å². The van der Waals surface area contributed by atoms with Crippen LogP contribution in [-0.4, -0.2) is 47.0 Å². The lowest BCUT2D eigenvalue weighted by atomic mass is 9.99. The van der Waals surface area contributed by atoms with Crippen molar-refractivity contribution in [2.45, 2.75) is 19.5 Å². The first-order chi connectivity index (χ1) is 12.5. The summed E-state index contributed by atoms with van der Waals surface area (Å²) in [6, 6.07) is 8.10. The zero-order valence-electron chi connectivity index (χ0n) is 14.7. The summed E-state index contributed by atoms with van der Waals surface area (Å²) in [7, 11) is 1.49. The molecule has 3 rings (SSSR count). The Morgan fingerprint density at radius 1 is 1.27 bits per heavy atom. The molecule has 0 spiro atoms. The molecule has 0 saturated heterocycles. The molecule has 1 aliphatic heterocycles. The monoisotopic (exact) mass is 358 g/mol. The van der Waals surface area contributed by atoms with Gasteiger partial charge in [-0.25, -0.2) is 4.79 Å². The van der Waals surface area contributed by atoms with Gasteiger partial charge in [0, 0.05) is 20.2 Å². The Morgan fingerprint density at radius 3 is 2.73 bits per heavy atom. The predicted molar refractivity (Wildman–Crippen MR) is 97.4 cm³/mol. The molecule has 2 heterocycles. The first kappa shape index (κ1) is 18.1. The number of nitrogens with one attached hydrogen (secondary N) is 1. The minimum Gasteiger partial charge on any atom is -0.384 e. The third-order valence-corrected chi connectivity index (χ3v) is 4.61. The number of fused-ring (bicyclic) bond motifs is 1. The second kappa shape index (κ2) is 7.67. The molecule has 0 unspecified atom stereocenters. The minimum atomic E-state index is -0.747. The van der Waals surface area contributed by atoms with Gasteiger partial charge in [-0.05, 0) is 17.5 Å². The Balaban J connectivity index is 1.82. The maximum Gasteiger partial charge on any atom is 0.330 e. The van der Waals surface area contributed by atoms with Crippen molar-refractivity contribution in [1.29, 1.82) is 0 Å². The van der Waals surface area contributed by atoms with Gasteiger partial charge in [-0.2, -0.15) is 0 Å². The Bertz CT molecular complexity index is 932. The van der Waals surface area contributed by atoms with Crippen LogP contribution < -0.4 is 17.0 Å². The van der Waals surface area contributed by atoms with Crippen LogP contribution in [0.1, 0.15) is 21.5 Å². The summed E-state index contributed by atoms with van der Waals surface area (Å²) in [6.45, 7) is 1.85. The van der Waals surface area contributed by atoms with Gasteiger partial charge in [-0.15, -0.1) is 0 Å². The van der Waals surface area contributed by atoms with Crippen LogP contribution >= 0.6 is 0 Å². The maximum absolute atomic E-state index is 12.7. The number of benzene rings is 1. The van der Waals surface area contributed by atoms with Gasteiger partial charge in [-0.1, -0.05) is 24.3 Å². The number of hydrogen-bond acceptors (Lipinski definition) is 6. The second-order valence-corrected chi connectivity index (χ2v) is 6.32. The van der Waals surface area contributed by atoms with E-state index < -0.39 is 17.0 Å². The average Bonchev–Trinajstić information content (AvgIpc) is 2.61. The number of carbonyl (C=O) groups excluding carboxylic acids is 1. The van der Waals surface area contributed by atoms with Gasteiger partial charge in [0.05, 0.1) is 19.7 Å². The highest BCUT2D eigenvalue weighted by molar-refractivity contribution is 6.01. The van der Waals surface area contributed by atoms with E-state index in [2.05, 4.69) is 11.1 Å². The van der Waals surface area contributed by atoms with Crippen LogP contribution in [0.2, 0.25) is 0 Å². The number of H-pyrrole nitrogens is 1. The van der Waals surface area contributed by atoms with Crippen LogP contribution in [-0.2, 0) is 24.2 Å². The summed E-state index contributed by atoms with van der Waals surface area (Å²) in [6.07, 6.45) is 0.850. The van der Waals surface area contributed by atoms with Gasteiger partial charge in [0.1, 0.15) is 11.4 Å². The largest absolute Gasteiger partial charge is 0.384 e. The summed E-state index contributed by atoms with van der Waals surface area (Å²) >= 11 is 0. The number of nitrogen functional groups attached to an aromatic ring is 1. The standard InChI is InChI=1S/C18H22N4O4/c1-26-9-8-22-16(19)15(17(24)20-18(22)25)14(23)11-21-7-6-12-4-2-3-5-13(12)10-21/h2-5H,6-11,19H2,1H3,(H,20,24,25). The number of nitrogens with zero attached hydrogens (tertiary/aromatic N) is 2. The number of methoxy groups -OCH3 is 1. The van der Waals surface area contributed by atoms with Crippen molar-refractivity contribution < 1.29 is 9.53 Å². The fraction of sp³-hybridized carbons (Fsp3) is 0.389. The maximum atomic E-state index is 12.7. The molecule has 0 saturated carbocycles. The number of anilines is 1. The Morgan fingerprint density at radius 2 is 2.00 bits per heavy atom. The molecule has 2 aromatic rings. The lowest BCUT2D eigenvalue weighted by Gasteiger charge is -2.28. The number of hydrogen-bond donors (Lipinski definition) is 2. The molecule has 3 N–H and O–H groups in total. The lowest BCUT2D eigenvalue weighted by Crippen LogP contribution is -2.40. The smallest absolute Gasteiger partial charge is 0.330 e. The van der Waals surface area contributed by atoms with Gasteiger partial charge in [0.25, 0.3) is 5.56 Å². The van der Waals surface area contributed by atoms with Crippen molar-refractivity contribution in [3.63, 3.8) is 0 Å². The molecule has 1 aromatic heterocycles. The fourth-order valence-corrected chi connectivity index (χ4v) is 3.23. The van der Waals surface area contributed by atoms with E-state index in [1.807, 2.05) is 23.1 Å². The molecule has 0 fully saturated rings. The molecule has 138 valence electrons. The Labute approximate surface area is 150 Å². The number of ether oxygens (including phenoxy) is 1. The van der Waals surface area contributed by atoms with Gasteiger partial charge in [0.15, 0.2) is 5.78 Å². The van der Waals surface area contributed by atoms with Crippen LogP contribution in [0.3, 0.4) is 0 Å². The summed E-state index contributed by atoms with van der Waals surface area (Å²) in [5.41, 5.74) is 6.86. The molecular weight excluding hydrogens is 336 g/mol. The fourth-order valence-electron chi connectivity index (χ4n) is 3.23. The molecule has 8 heteroatoms. The Kier molecular flexibility index (Phi) is 5.34. The molecule has 0 aliphatic carbocycles. The zero-order chi connectivity index (χ0) is 18.7. The van der Waals surface area contributed by atoms with Crippen molar-refractivity contribution in [1.82, 2.24) is 14.5 Å². The van der Waals surface area contributed by atoms with E-state index in [-0.39, 0.29) is 31.1 Å². The molecule has 0 radical (unpaired) electrons. The van der Waals surface area contributed by atoms with Crippen LogP contribution in [0.25, 0.3) is 0 Å². The van der Waals surface area contributed by atoms with E-state index in [9.17, 15) is 14.4 Å². The molecular formula is C18H22N4O4. The van der Waals surface area contributed by atoms with E-state index in [0.717, 1.165) is 17.5 Å². The predicted octanol–water partition coefficient (Wildman–Crippen LogP) is 0.00620. The number of nitrogens with two attached hydrogens (primary N) is 1. The van der Waals surface area contributed by atoms with Crippen molar-refractivity contribution in [2.24, 2.45) is 0 Å². The number of rotatable bonds is 6. The topological polar surface area (TPSA) is 110 Å². The first-order valence-corrected chi connectivity index (χ1v) is 8.45. The van der Waals surface area contributed by atoms with E-state index in [1.54, 1.807) is 0 Å². The number of aromatic nitrogens is 2. The highest BCUT2D eigenvalue weighted by atomic mass is 16.5. The highest BCUT2D eigenvalue weighted by Gasteiger charge is 2.23. The molecule has 1 aliphatic rings. The highest BCUT2D eigenvalue weighted by Crippen LogP contribution is 2.18. The Hall–Kier alpha value is -2.71. The summed E-state index contributed by atoms with van der Waals surface area (Å²) in [4.78, 5) is 40.9. The summed E-state index contributed by atoms with van der Waals surface area (Å²) in [5, 5.41) is 0. The van der Waals surface area contributed by atoms with Crippen LogP contribution in [0.15, 0.2) is 33.9 Å². The van der Waals surface area contributed by atoms with E-state index in [1.165, 1.54) is 18.2 Å². The zero-order valence-corrected chi connectivity index (χ0v) is 14.7. The average molecular weight is 358 g/mol. The molecule has 26 heavy (non-hydrogen) atoms. The molecule has 8 nitrogen and oxygen atoms in total. The number of carbonyl (C=O) groups is 1. The molecule has 0 amide bonds. The van der Waals surface area contributed by atoms with Gasteiger partial charge >= 0.3 is 5.69 Å². The van der Waals surface area contributed by atoms with Crippen molar-refractivity contribution >= 4 is 11.6 Å². The molecule has 0 atom stereocenters. The molecule has 1 aromatic carbocycles. The van der Waals surface area contributed by atoms with E-state index >= 15 is 0 Å². The number of Topliss-reactive ketones (excluding diaryl/α,β-unsaturated/α-hetero) is 1. The number of ketones is 1. The summed E-state index contributed by atoms with van der Waals surface area (Å²) in [5.74, 6) is -0.507. The third-order valence-electron chi connectivity index (χ3n) is 4.61. The quantitative estimate of drug-likeness (QED) is 0.704. The van der Waals surface area contributed by atoms with Crippen LogP contribution in [0.4, 0.5) is 5.82 Å². The van der Waals surface area contributed by atoms with E-state index in [0.29, 0.717) is 6.54 Å². The van der Waals surface area contributed by atoms with Crippen molar-refractivity contribution in [2.75, 3.05) is 32.5 Å². The minimum absolute atomic E-state index is 0.0735. The van der Waals surface area contributed by atoms with Crippen LogP contribution in [0, 0.1) is 0 Å². The van der Waals surface area contributed by atoms with Gasteiger partial charge < -0.3 is 10.5 Å².